The lowest BCUT2D eigenvalue weighted by Gasteiger charge is -2.31. The number of nitrogens with zero attached hydrogens (tertiary/aromatic N) is 3. The van der Waals surface area contributed by atoms with Crippen LogP contribution in [0.3, 0.4) is 0 Å². The van der Waals surface area contributed by atoms with Gasteiger partial charge < -0.3 is 4.90 Å². The fourth-order valence-corrected chi connectivity index (χ4v) is 2.39. The summed E-state index contributed by atoms with van der Waals surface area (Å²) in [5, 5.41) is 0.448. The van der Waals surface area contributed by atoms with Crippen molar-refractivity contribution in [3.8, 4) is 0 Å². The highest BCUT2D eigenvalue weighted by Crippen LogP contribution is 2.21. The number of hydrogen-bond donors (Lipinski definition) is 0. The first-order valence-electron chi connectivity index (χ1n) is 5.87. The van der Waals surface area contributed by atoms with E-state index in [2.05, 4.69) is 9.97 Å². The monoisotopic (exact) mass is 253 g/mol. The van der Waals surface area contributed by atoms with E-state index in [1.54, 1.807) is 19.3 Å². The number of halogens is 1. The normalized spacial score (nSPS) is 17.2. The zero-order valence-corrected chi connectivity index (χ0v) is 10.7. The molecule has 0 unspecified atom stereocenters. The van der Waals surface area contributed by atoms with Crippen LogP contribution in [0.4, 0.5) is 0 Å². The van der Waals surface area contributed by atoms with E-state index in [4.69, 9.17) is 11.6 Å². The van der Waals surface area contributed by atoms with Gasteiger partial charge in [0.15, 0.2) is 0 Å². The molecule has 0 radical (unpaired) electrons. The molecule has 4 nitrogen and oxygen atoms in total. The maximum atomic E-state index is 11.2. The zero-order chi connectivity index (χ0) is 12.3. The summed E-state index contributed by atoms with van der Waals surface area (Å²) < 4.78 is 0. The van der Waals surface area contributed by atoms with Gasteiger partial charge in [-0.1, -0.05) is 11.6 Å². The van der Waals surface area contributed by atoms with Crippen molar-refractivity contribution in [1.82, 2.24) is 14.9 Å². The molecule has 17 heavy (non-hydrogen) atoms. The summed E-state index contributed by atoms with van der Waals surface area (Å²) in [6, 6.07) is 0. The van der Waals surface area contributed by atoms with Crippen LogP contribution in [0.15, 0.2) is 12.4 Å². The van der Waals surface area contributed by atoms with Gasteiger partial charge in [-0.25, -0.2) is 4.98 Å². The van der Waals surface area contributed by atoms with Crippen LogP contribution < -0.4 is 0 Å². The van der Waals surface area contributed by atoms with Gasteiger partial charge in [0.25, 0.3) is 0 Å². The molecule has 0 N–H and O–H groups in total. The van der Waals surface area contributed by atoms with Crippen LogP contribution in [0.5, 0.6) is 0 Å². The first kappa shape index (κ1) is 12.3. The number of hydrogen-bond acceptors (Lipinski definition) is 3. The summed E-state index contributed by atoms with van der Waals surface area (Å²) in [6.07, 6.45) is 6.29. The molecule has 0 aromatic carbocycles. The van der Waals surface area contributed by atoms with Gasteiger partial charge in [0.2, 0.25) is 5.91 Å². The maximum Gasteiger partial charge on any atom is 0.219 e. The van der Waals surface area contributed by atoms with Crippen molar-refractivity contribution >= 4 is 17.5 Å². The lowest BCUT2D eigenvalue weighted by molar-refractivity contribution is -0.130. The Hall–Kier alpha value is -1.16. The highest BCUT2D eigenvalue weighted by molar-refractivity contribution is 6.29. The minimum Gasteiger partial charge on any atom is -0.343 e. The maximum absolute atomic E-state index is 11.2. The Kier molecular flexibility index (Phi) is 3.94. The predicted octanol–water partition coefficient (Wildman–Crippen LogP) is 1.93. The standard InChI is InChI=1S/C12H16ClN3O/c1-9(17)16-4-2-10(3-5-16)6-11-7-14-8-12(13)15-11/h7-8,10H,2-6H2,1H3. The molecule has 1 saturated heterocycles. The summed E-state index contributed by atoms with van der Waals surface area (Å²) in [4.78, 5) is 21.4. The SMILES string of the molecule is CC(=O)N1CCC(Cc2cncc(Cl)n2)CC1. The Morgan fingerprint density at radius 3 is 2.76 bits per heavy atom. The lowest BCUT2D eigenvalue weighted by atomic mass is 9.92. The van der Waals surface area contributed by atoms with Crippen molar-refractivity contribution < 1.29 is 4.79 Å². The summed E-state index contributed by atoms with van der Waals surface area (Å²) in [7, 11) is 0. The van der Waals surface area contributed by atoms with Crippen LogP contribution in [0.1, 0.15) is 25.5 Å². The Morgan fingerprint density at radius 1 is 1.47 bits per heavy atom. The molecule has 1 aliphatic heterocycles. The van der Waals surface area contributed by atoms with Gasteiger partial charge in [-0.05, 0) is 25.2 Å². The average Bonchev–Trinajstić information content (AvgIpc) is 2.29. The average molecular weight is 254 g/mol. The van der Waals surface area contributed by atoms with Gasteiger partial charge in [-0.15, -0.1) is 0 Å². The third-order valence-corrected chi connectivity index (χ3v) is 3.39. The molecule has 1 aromatic heterocycles. The van der Waals surface area contributed by atoms with Gasteiger partial charge in [0.1, 0.15) is 5.15 Å². The van der Waals surface area contributed by atoms with Crippen LogP contribution in [0, 0.1) is 5.92 Å². The second-order valence-electron chi connectivity index (χ2n) is 4.49. The number of amides is 1. The molecular weight excluding hydrogens is 238 g/mol. The van der Waals surface area contributed by atoms with E-state index in [1.165, 1.54) is 0 Å². The summed E-state index contributed by atoms with van der Waals surface area (Å²) in [6.45, 7) is 3.34. The van der Waals surface area contributed by atoms with Crippen LogP contribution in [0.25, 0.3) is 0 Å². The van der Waals surface area contributed by atoms with Crippen molar-refractivity contribution in [3.05, 3.63) is 23.2 Å². The third-order valence-electron chi connectivity index (χ3n) is 3.21. The van der Waals surface area contributed by atoms with E-state index in [0.29, 0.717) is 11.1 Å². The largest absolute Gasteiger partial charge is 0.343 e. The van der Waals surface area contributed by atoms with Crippen molar-refractivity contribution in [1.29, 1.82) is 0 Å². The van der Waals surface area contributed by atoms with Crippen molar-refractivity contribution in [2.75, 3.05) is 13.1 Å². The number of carbonyl (C=O) groups excluding carboxylic acids is 1. The number of aromatic nitrogens is 2. The number of likely N-dealkylation sites (tertiary alicyclic amines) is 1. The van der Waals surface area contributed by atoms with Crippen LogP contribution in [-0.2, 0) is 11.2 Å². The predicted molar refractivity (Wildman–Crippen MR) is 65.7 cm³/mol. The Morgan fingerprint density at radius 2 is 2.18 bits per heavy atom. The van der Waals surface area contributed by atoms with Crippen LogP contribution in [-0.4, -0.2) is 33.9 Å². The van der Waals surface area contributed by atoms with E-state index in [-0.39, 0.29) is 5.91 Å². The minimum absolute atomic E-state index is 0.172. The van der Waals surface area contributed by atoms with Crippen molar-refractivity contribution in [2.45, 2.75) is 26.2 Å². The van der Waals surface area contributed by atoms with Crippen LogP contribution in [0.2, 0.25) is 5.15 Å². The molecule has 1 amide bonds. The first-order valence-corrected chi connectivity index (χ1v) is 6.25. The molecule has 1 aliphatic rings. The molecule has 2 rings (SSSR count). The van der Waals surface area contributed by atoms with E-state index in [1.807, 2.05) is 4.90 Å². The Bertz CT molecular complexity index is 402. The fourth-order valence-electron chi connectivity index (χ4n) is 2.23. The molecule has 1 aromatic rings. The lowest BCUT2D eigenvalue weighted by Crippen LogP contribution is -2.37. The smallest absolute Gasteiger partial charge is 0.219 e. The molecular formula is C12H16ClN3O. The Labute approximate surface area is 106 Å². The zero-order valence-electron chi connectivity index (χ0n) is 9.90. The fraction of sp³-hybridized carbons (Fsp3) is 0.583. The third kappa shape index (κ3) is 3.40. The number of carbonyl (C=O) groups is 1. The van der Waals surface area contributed by atoms with Gasteiger partial charge in [-0.3, -0.25) is 9.78 Å². The van der Waals surface area contributed by atoms with Crippen molar-refractivity contribution in [3.63, 3.8) is 0 Å². The van der Waals surface area contributed by atoms with Gasteiger partial charge >= 0.3 is 0 Å². The molecule has 92 valence electrons. The quantitative estimate of drug-likeness (QED) is 0.809. The van der Waals surface area contributed by atoms with Gasteiger partial charge in [0.05, 0.1) is 11.9 Å². The molecule has 0 atom stereocenters. The van der Waals surface area contributed by atoms with Gasteiger partial charge in [0, 0.05) is 26.2 Å². The van der Waals surface area contributed by atoms with E-state index < -0.39 is 0 Å². The topological polar surface area (TPSA) is 46.1 Å². The molecule has 0 aliphatic carbocycles. The molecule has 0 saturated carbocycles. The first-order chi connectivity index (χ1) is 8.15. The molecule has 5 heteroatoms. The molecule has 2 heterocycles. The number of piperidine rings is 1. The van der Waals surface area contributed by atoms with E-state index in [9.17, 15) is 4.79 Å². The van der Waals surface area contributed by atoms with Gasteiger partial charge in [-0.2, -0.15) is 0 Å². The van der Waals surface area contributed by atoms with Crippen molar-refractivity contribution in [2.24, 2.45) is 5.92 Å². The summed E-state index contributed by atoms with van der Waals surface area (Å²) in [5.41, 5.74) is 0.943. The molecule has 0 spiro atoms. The second kappa shape index (κ2) is 5.45. The summed E-state index contributed by atoms with van der Waals surface area (Å²) in [5.74, 6) is 0.754. The van der Waals surface area contributed by atoms with E-state index >= 15 is 0 Å². The van der Waals surface area contributed by atoms with E-state index in [0.717, 1.165) is 38.0 Å². The minimum atomic E-state index is 0.172. The molecule has 0 bridgehead atoms. The van der Waals surface area contributed by atoms with Crippen LogP contribution >= 0.6 is 11.6 Å². The second-order valence-corrected chi connectivity index (χ2v) is 4.87. The summed E-state index contributed by atoms with van der Waals surface area (Å²) >= 11 is 5.80. The number of rotatable bonds is 2. The highest BCUT2D eigenvalue weighted by atomic mass is 35.5. The Balaban J connectivity index is 1.88. The highest BCUT2D eigenvalue weighted by Gasteiger charge is 2.21. The molecule has 1 fully saturated rings.